The Bertz CT molecular complexity index is 426. The minimum atomic E-state index is -0.290. The summed E-state index contributed by atoms with van der Waals surface area (Å²) in [7, 11) is 1.88. The van der Waals surface area contributed by atoms with Gasteiger partial charge in [0.25, 0.3) is 0 Å². The van der Waals surface area contributed by atoms with Crippen molar-refractivity contribution in [1.29, 1.82) is 0 Å². The molecule has 1 fully saturated rings. The highest BCUT2D eigenvalue weighted by atomic mass is 79.9. The first kappa shape index (κ1) is 14.0. The molecule has 0 unspecified atom stereocenters. The molecule has 1 aliphatic rings. The topological polar surface area (TPSA) is 46.3 Å². The Morgan fingerprint density at radius 1 is 1.56 bits per heavy atom. The van der Waals surface area contributed by atoms with Gasteiger partial charge in [0.15, 0.2) is 0 Å². The highest BCUT2D eigenvalue weighted by molar-refractivity contribution is 9.11. The maximum atomic E-state index is 12.5. The molecule has 1 aromatic rings. The van der Waals surface area contributed by atoms with Crippen LogP contribution in [0.3, 0.4) is 0 Å². The highest BCUT2D eigenvalue weighted by Gasteiger charge is 2.41. The van der Waals surface area contributed by atoms with Crippen LogP contribution >= 0.6 is 27.3 Å². The summed E-state index contributed by atoms with van der Waals surface area (Å²) in [6, 6.07) is 2.07. The van der Waals surface area contributed by atoms with Crippen molar-refractivity contribution in [1.82, 2.24) is 4.90 Å². The van der Waals surface area contributed by atoms with Gasteiger partial charge in [-0.1, -0.05) is 12.8 Å². The third kappa shape index (κ3) is 2.78. The molecule has 18 heavy (non-hydrogen) atoms. The van der Waals surface area contributed by atoms with Gasteiger partial charge in [0.1, 0.15) is 0 Å². The molecular weight excluding hydrogens is 312 g/mol. The Labute approximate surface area is 120 Å². The molecule has 1 saturated carbocycles. The van der Waals surface area contributed by atoms with E-state index in [9.17, 15) is 4.79 Å². The lowest BCUT2D eigenvalue weighted by atomic mass is 9.84. The smallest absolute Gasteiger partial charge is 0.230 e. The second kappa shape index (κ2) is 5.72. The van der Waals surface area contributed by atoms with Gasteiger partial charge in [-0.15, -0.1) is 11.3 Å². The van der Waals surface area contributed by atoms with E-state index in [1.165, 1.54) is 5.56 Å². The van der Waals surface area contributed by atoms with E-state index in [1.54, 1.807) is 11.3 Å². The van der Waals surface area contributed by atoms with Crippen molar-refractivity contribution in [2.24, 2.45) is 11.1 Å². The number of nitrogens with two attached hydrogens (primary N) is 1. The summed E-state index contributed by atoms with van der Waals surface area (Å²) in [5.74, 6) is 0.213. The summed E-state index contributed by atoms with van der Waals surface area (Å²) in [4.78, 5) is 14.4. The molecule has 0 bridgehead atoms. The Kier molecular flexibility index (Phi) is 4.45. The summed E-state index contributed by atoms with van der Waals surface area (Å²) in [5, 5.41) is 2.08. The number of hydrogen-bond donors (Lipinski definition) is 1. The SMILES string of the molecule is CN(Cc1csc(Br)c1)C(=O)C1(CN)CCCC1. The molecule has 0 atom stereocenters. The fourth-order valence-electron chi connectivity index (χ4n) is 2.74. The van der Waals surface area contributed by atoms with Gasteiger partial charge in [-0.3, -0.25) is 4.79 Å². The average molecular weight is 331 g/mol. The molecule has 1 heterocycles. The number of halogens is 1. The van der Waals surface area contributed by atoms with E-state index in [-0.39, 0.29) is 11.3 Å². The van der Waals surface area contributed by atoms with Gasteiger partial charge < -0.3 is 10.6 Å². The maximum Gasteiger partial charge on any atom is 0.230 e. The largest absolute Gasteiger partial charge is 0.341 e. The Hall–Kier alpha value is -0.390. The third-order valence-corrected chi connectivity index (χ3v) is 5.35. The Morgan fingerprint density at radius 3 is 2.72 bits per heavy atom. The summed E-state index contributed by atoms with van der Waals surface area (Å²) in [5.41, 5.74) is 6.74. The number of hydrogen-bond acceptors (Lipinski definition) is 3. The van der Waals surface area contributed by atoms with Crippen LogP contribution in [0.4, 0.5) is 0 Å². The zero-order chi connectivity index (χ0) is 13.2. The second-order valence-electron chi connectivity index (χ2n) is 5.11. The number of carbonyl (C=O) groups excluding carboxylic acids is 1. The van der Waals surface area contributed by atoms with Gasteiger partial charge >= 0.3 is 0 Å². The molecule has 0 spiro atoms. The van der Waals surface area contributed by atoms with Gasteiger partial charge in [0.2, 0.25) is 5.91 Å². The average Bonchev–Trinajstić information content (AvgIpc) is 2.98. The van der Waals surface area contributed by atoms with E-state index in [1.807, 2.05) is 11.9 Å². The first-order valence-electron chi connectivity index (χ1n) is 6.26. The summed E-state index contributed by atoms with van der Waals surface area (Å²) in [6.07, 6.45) is 4.14. The Morgan fingerprint density at radius 2 is 2.22 bits per heavy atom. The fourth-order valence-corrected chi connectivity index (χ4v) is 3.94. The minimum absolute atomic E-state index is 0.213. The van der Waals surface area contributed by atoms with Crippen LogP contribution in [0.1, 0.15) is 31.2 Å². The number of rotatable bonds is 4. The molecule has 2 N–H and O–H groups in total. The van der Waals surface area contributed by atoms with E-state index >= 15 is 0 Å². The predicted molar refractivity (Wildman–Crippen MR) is 78.4 cm³/mol. The molecule has 2 rings (SSSR count). The lowest BCUT2D eigenvalue weighted by Gasteiger charge is -2.31. The second-order valence-corrected chi connectivity index (χ2v) is 7.40. The zero-order valence-electron chi connectivity index (χ0n) is 10.6. The van der Waals surface area contributed by atoms with Gasteiger partial charge in [-0.25, -0.2) is 0 Å². The summed E-state index contributed by atoms with van der Waals surface area (Å²) >= 11 is 5.09. The molecule has 100 valence electrons. The summed E-state index contributed by atoms with van der Waals surface area (Å²) in [6.45, 7) is 1.15. The van der Waals surface area contributed by atoms with Crippen molar-refractivity contribution in [2.75, 3.05) is 13.6 Å². The van der Waals surface area contributed by atoms with E-state index in [2.05, 4.69) is 27.4 Å². The Balaban J connectivity index is 2.04. The van der Waals surface area contributed by atoms with E-state index < -0.39 is 0 Å². The summed E-state index contributed by atoms with van der Waals surface area (Å²) < 4.78 is 1.10. The van der Waals surface area contributed by atoms with E-state index in [0.29, 0.717) is 13.1 Å². The van der Waals surface area contributed by atoms with E-state index in [4.69, 9.17) is 5.73 Å². The number of nitrogens with zero attached hydrogens (tertiary/aromatic N) is 1. The van der Waals surface area contributed by atoms with Crippen molar-refractivity contribution in [3.63, 3.8) is 0 Å². The molecule has 1 aliphatic carbocycles. The lowest BCUT2D eigenvalue weighted by molar-refractivity contribution is -0.140. The van der Waals surface area contributed by atoms with Crippen LogP contribution in [0.2, 0.25) is 0 Å². The fraction of sp³-hybridized carbons (Fsp3) is 0.615. The number of carbonyl (C=O) groups is 1. The molecule has 5 heteroatoms. The molecule has 0 aromatic carbocycles. The van der Waals surface area contributed by atoms with Crippen molar-refractivity contribution >= 4 is 33.2 Å². The van der Waals surface area contributed by atoms with Crippen LogP contribution in [-0.4, -0.2) is 24.4 Å². The van der Waals surface area contributed by atoms with Crippen molar-refractivity contribution < 1.29 is 4.79 Å². The van der Waals surface area contributed by atoms with Crippen LogP contribution in [0.5, 0.6) is 0 Å². The normalized spacial score (nSPS) is 17.9. The monoisotopic (exact) mass is 330 g/mol. The minimum Gasteiger partial charge on any atom is -0.341 e. The third-order valence-electron chi connectivity index (χ3n) is 3.79. The van der Waals surface area contributed by atoms with Gasteiger partial charge in [-0.2, -0.15) is 0 Å². The van der Waals surface area contributed by atoms with Gasteiger partial charge in [0, 0.05) is 20.1 Å². The zero-order valence-corrected chi connectivity index (χ0v) is 13.0. The molecule has 1 aromatic heterocycles. The number of amides is 1. The van der Waals surface area contributed by atoms with Crippen LogP contribution < -0.4 is 5.73 Å². The first-order valence-corrected chi connectivity index (χ1v) is 7.93. The highest BCUT2D eigenvalue weighted by Crippen LogP contribution is 2.39. The van der Waals surface area contributed by atoms with E-state index in [0.717, 1.165) is 29.5 Å². The van der Waals surface area contributed by atoms with Crippen LogP contribution in [0.25, 0.3) is 0 Å². The number of thiophene rings is 1. The van der Waals surface area contributed by atoms with Crippen LogP contribution in [0, 0.1) is 5.41 Å². The molecular formula is C13H19BrN2OS. The maximum absolute atomic E-state index is 12.5. The molecule has 1 amide bonds. The van der Waals surface area contributed by atoms with Crippen molar-refractivity contribution in [3.8, 4) is 0 Å². The van der Waals surface area contributed by atoms with Crippen molar-refractivity contribution in [3.05, 3.63) is 20.8 Å². The predicted octanol–water partition coefficient (Wildman–Crippen LogP) is 2.99. The van der Waals surface area contributed by atoms with Gasteiger partial charge in [-0.05, 0) is 45.8 Å². The molecule has 0 radical (unpaired) electrons. The van der Waals surface area contributed by atoms with Crippen LogP contribution in [0.15, 0.2) is 15.2 Å². The first-order chi connectivity index (χ1) is 8.57. The van der Waals surface area contributed by atoms with Gasteiger partial charge in [0.05, 0.1) is 9.20 Å². The quantitative estimate of drug-likeness (QED) is 0.922. The molecule has 3 nitrogen and oxygen atoms in total. The van der Waals surface area contributed by atoms with Crippen molar-refractivity contribution in [2.45, 2.75) is 32.2 Å². The molecule has 0 aliphatic heterocycles. The lowest BCUT2D eigenvalue weighted by Crippen LogP contribution is -2.44. The standard InChI is InChI=1S/C13H19BrN2OS/c1-16(7-10-6-11(14)18-8-10)12(17)13(9-15)4-2-3-5-13/h6,8H,2-5,7,9,15H2,1H3. The van der Waals surface area contributed by atoms with Crippen LogP contribution in [-0.2, 0) is 11.3 Å². The molecule has 0 saturated heterocycles.